The van der Waals surface area contributed by atoms with Gasteiger partial charge in [0.2, 0.25) is 20.0 Å². The van der Waals surface area contributed by atoms with Crippen molar-refractivity contribution in [3.63, 3.8) is 0 Å². The Kier molecular flexibility index (Phi) is 5.53. The first-order valence-corrected chi connectivity index (χ1v) is 9.00. The lowest BCUT2D eigenvalue weighted by atomic mass is 10.4. The van der Waals surface area contributed by atoms with Crippen LogP contribution >= 0.6 is 0 Å². The van der Waals surface area contributed by atoms with Crippen LogP contribution in [-0.2, 0) is 24.8 Å². The molecule has 0 radical (unpaired) electrons. The quantitative estimate of drug-likeness (QED) is 0.624. The van der Waals surface area contributed by atoms with Crippen molar-refractivity contribution in [2.45, 2.75) is 6.92 Å². The van der Waals surface area contributed by atoms with E-state index in [1.165, 1.54) is 15.7 Å². The molecule has 0 aromatic rings. The van der Waals surface area contributed by atoms with Crippen molar-refractivity contribution < 1.29 is 21.6 Å². The summed E-state index contributed by atoms with van der Waals surface area (Å²) in [5.41, 5.74) is 0. The van der Waals surface area contributed by atoms with Crippen molar-refractivity contribution in [1.29, 1.82) is 0 Å². The van der Waals surface area contributed by atoms with Crippen molar-refractivity contribution in [3.8, 4) is 0 Å². The predicted octanol–water partition coefficient (Wildman–Crippen LogP) is -1.07. The first-order chi connectivity index (χ1) is 8.33. The van der Waals surface area contributed by atoms with Crippen molar-refractivity contribution >= 4 is 20.0 Å². The Morgan fingerprint density at radius 1 is 0.944 bits per heavy atom. The van der Waals surface area contributed by atoms with Gasteiger partial charge in [-0.25, -0.2) is 16.8 Å². The van der Waals surface area contributed by atoms with Crippen molar-refractivity contribution in [2.24, 2.45) is 0 Å². The van der Waals surface area contributed by atoms with E-state index in [1.54, 1.807) is 6.92 Å². The molecular weight excluding hydrogens is 280 g/mol. The van der Waals surface area contributed by atoms with Gasteiger partial charge in [0.25, 0.3) is 0 Å². The zero-order chi connectivity index (χ0) is 13.8. The molecule has 0 N–H and O–H groups in total. The van der Waals surface area contributed by atoms with E-state index in [0.29, 0.717) is 0 Å². The highest BCUT2D eigenvalue weighted by molar-refractivity contribution is 7.89. The summed E-state index contributed by atoms with van der Waals surface area (Å²) in [6.45, 7) is 2.61. The van der Waals surface area contributed by atoms with Crippen LogP contribution in [0.2, 0.25) is 0 Å². The topological polar surface area (TPSA) is 84.0 Å². The predicted molar refractivity (Wildman–Crippen MR) is 68.3 cm³/mol. The van der Waals surface area contributed by atoms with Crippen molar-refractivity contribution in [1.82, 2.24) is 8.61 Å². The fraction of sp³-hybridized carbons (Fsp3) is 1.00. The van der Waals surface area contributed by atoms with Crippen molar-refractivity contribution in [2.75, 3.05) is 51.4 Å². The third kappa shape index (κ3) is 3.89. The van der Waals surface area contributed by atoms with Crippen LogP contribution in [-0.4, -0.2) is 76.8 Å². The van der Waals surface area contributed by atoms with E-state index < -0.39 is 20.0 Å². The molecule has 1 fully saturated rings. The highest BCUT2D eigenvalue weighted by atomic mass is 32.2. The van der Waals surface area contributed by atoms with Gasteiger partial charge in [0.15, 0.2) is 0 Å². The number of piperazine rings is 1. The Balaban J connectivity index is 2.59. The van der Waals surface area contributed by atoms with Gasteiger partial charge in [-0.3, -0.25) is 0 Å². The summed E-state index contributed by atoms with van der Waals surface area (Å²) in [6.07, 6.45) is 0. The van der Waals surface area contributed by atoms with Crippen LogP contribution in [0.15, 0.2) is 0 Å². The van der Waals surface area contributed by atoms with Crippen LogP contribution in [0.1, 0.15) is 6.92 Å². The van der Waals surface area contributed by atoms with Crippen LogP contribution in [0.3, 0.4) is 0 Å². The number of ether oxygens (including phenoxy) is 1. The molecule has 18 heavy (non-hydrogen) atoms. The molecule has 0 aliphatic carbocycles. The molecule has 0 unspecified atom stereocenters. The minimum atomic E-state index is -3.33. The molecule has 0 atom stereocenters. The van der Waals surface area contributed by atoms with Gasteiger partial charge < -0.3 is 4.74 Å². The van der Waals surface area contributed by atoms with Gasteiger partial charge in [0, 0.05) is 33.3 Å². The van der Waals surface area contributed by atoms with Crippen LogP contribution in [0, 0.1) is 0 Å². The van der Waals surface area contributed by atoms with Gasteiger partial charge >= 0.3 is 0 Å². The molecule has 1 aliphatic rings. The number of hydrogen-bond donors (Lipinski definition) is 0. The van der Waals surface area contributed by atoms with Crippen LogP contribution in [0.25, 0.3) is 0 Å². The molecule has 0 aromatic heterocycles. The van der Waals surface area contributed by atoms with Gasteiger partial charge in [-0.2, -0.15) is 8.61 Å². The summed E-state index contributed by atoms with van der Waals surface area (Å²) in [5.74, 6) is -0.0204. The first-order valence-electron chi connectivity index (χ1n) is 5.78. The fourth-order valence-corrected chi connectivity index (χ4v) is 4.17. The van der Waals surface area contributed by atoms with Gasteiger partial charge in [-0.15, -0.1) is 0 Å². The Morgan fingerprint density at radius 3 is 1.78 bits per heavy atom. The van der Waals surface area contributed by atoms with E-state index in [-0.39, 0.29) is 44.3 Å². The van der Waals surface area contributed by atoms with E-state index >= 15 is 0 Å². The van der Waals surface area contributed by atoms with Gasteiger partial charge in [-0.05, 0) is 6.92 Å². The smallest absolute Gasteiger partial charge is 0.216 e. The minimum Gasteiger partial charge on any atom is -0.384 e. The molecule has 9 heteroatoms. The standard InChI is InChI=1S/C9H20N2O5S2/c1-3-17(12,13)10-4-6-11(7-5-10)18(14,15)9-8-16-2/h3-9H2,1-2H3. The van der Waals surface area contributed by atoms with Gasteiger partial charge in [0.05, 0.1) is 18.1 Å². The van der Waals surface area contributed by atoms with E-state index in [4.69, 9.17) is 4.74 Å². The maximum Gasteiger partial charge on any atom is 0.216 e. The lowest BCUT2D eigenvalue weighted by Gasteiger charge is -2.33. The molecule has 1 heterocycles. The van der Waals surface area contributed by atoms with Gasteiger partial charge in [0.1, 0.15) is 0 Å². The molecule has 0 bridgehead atoms. The van der Waals surface area contributed by atoms with Crippen LogP contribution < -0.4 is 0 Å². The summed E-state index contributed by atoms with van der Waals surface area (Å²) in [5, 5.41) is 0. The highest BCUT2D eigenvalue weighted by Gasteiger charge is 2.30. The van der Waals surface area contributed by atoms with E-state index in [2.05, 4.69) is 0 Å². The number of rotatable bonds is 6. The molecular formula is C9H20N2O5S2. The third-order valence-corrected chi connectivity index (χ3v) is 6.61. The molecule has 1 aliphatic heterocycles. The molecule has 0 amide bonds. The Bertz CT molecular complexity index is 451. The Hall–Kier alpha value is -0.220. The fourth-order valence-electron chi connectivity index (χ4n) is 1.73. The zero-order valence-corrected chi connectivity index (χ0v) is 12.3. The SMILES string of the molecule is CCS(=O)(=O)N1CCN(S(=O)(=O)CCOC)CC1. The monoisotopic (exact) mass is 300 g/mol. The summed E-state index contributed by atoms with van der Waals surface area (Å²) >= 11 is 0. The second-order valence-corrected chi connectivity index (χ2v) is 8.35. The number of methoxy groups -OCH3 is 1. The first kappa shape index (κ1) is 15.8. The molecule has 0 saturated carbocycles. The lowest BCUT2D eigenvalue weighted by molar-refractivity contribution is 0.213. The largest absolute Gasteiger partial charge is 0.384 e. The third-order valence-electron chi connectivity index (χ3n) is 2.89. The second kappa shape index (κ2) is 6.29. The maximum absolute atomic E-state index is 11.8. The highest BCUT2D eigenvalue weighted by Crippen LogP contribution is 2.11. The summed E-state index contributed by atoms with van der Waals surface area (Å²) < 4.78 is 54.4. The van der Waals surface area contributed by atoms with E-state index in [1.807, 2.05) is 0 Å². The molecule has 0 aromatic carbocycles. The van der Waals surface area contributed by atoms with Crippen molar-refractivity contribution in [3.05, 3.63) is 0 Å². The zero-order valence-electron chi connectivity index (χ0n) is 10.7. The number of nitrogens with zero attached hydrogens (tertiary/aromatic N) is 2. The molecule has 7 nitrogen and oxygen atoms in total. The van der Waals surface area contributed by atoms with E-state index in [9.17, 15) is 16.8 Å². The second-order valence-electron chi connectivity index (χ2n) is 4.01. The lowest BCUT2D eigenvalue weighted by Crippen LogP contribution is -2.51. The molecule has 1 saturated heterocycles. The number of hydrogen-bond acceptors (Lipinski definition) is 5. The van der Waals surface area contributed by atoms with Crippen LogP contribution in [0.4, 0.5) is 0 Å². The average molecular weight is 300 g/mol. The molecule has 0 spiro atoms. The summed E-state index contributed by atoms with van der Waals surface area (Å²) in [7, 11) is -5.11. The summed E-state index contributed by atoms with van der Waals surface area (Å²) in [6, 6.07) is 0. The average Bonchev–Trinajstić information content (AvgIpc) is 2.36. The van der Waals surface area contributed by atoms with E-state index in [0.717, 1.165) is 0 Å². The molecule has 108 valence electrons. The van der Waals surface area contributed by atoms with Crippen LogP contribution in [0.5, 0.6) is 0 Å². The normalized spacial score (nSPS) is 20.1. The minimum absolute atomic E-state index is 0.0451. The Morgan fingerprint density at radius 2 is 1.39 bits per heavy atom. The number of sulfonamides is 2. The summed E-state index contributed by atoms with van der Waals surface area (Å²) in [4.78, 5) is 0. The maximum atomic E-state index is 11.8. The Labute approximate surface area is 109 Å². The molecule has 1 rings (SSSR count). The van der Waals surface area contributed by atoms with Gasteiger partial charge in [-0.1, -0.05) is 0 Å².